The van der Waals surface area contributed by atoms with E-state index in [0.29, 0.717) is 0 Å². The molecule has 0 aromatic rings. The second-order valence-electron chi connectivity index (χ2n) is 17.5. The van der Waals surface area contributed by atoms with E-state index in [1.807, 2.05) is 0 Å². The number of ether oxygens (including phenoxy) is 13. The van der Waals surface area contributed by atoms with E-state index in [-0.39, 0.29) is 0 Å². The minimum absolute atomic E-state index is 1.01. The number of carboxylic acid groups (broad SMARTS) is 1. The van der Waals surface area contributed by atoms with Gasteiger partial charge in [-0.2, -0.15) is 0 Å². The van der Waals surface area contributed by atoms with Gasteiger partial charge in [-0.1, -0.05) is 0 Å². The van der Waals surface area contributed by atoms with E-state index in [2.05, 4.69) is 0 Å². The molecule has 22 heterocycles. The first-order valence-corrected chi connectivity index (χ1v) is 22.1. The van der Waals surface area contributed by atoms with Crippen molar-refractivity contribution in [2.45, 2.75) is 184 Å². The first-order valence-electron chi connectivity index (χ1n) is 22.1. The molecule has 0 amide bonds. The summed E-state index contributed by atoms with van der Waals surface area (Å²) in [5.74, 6) is -1.59. The van der Waals surface area contributed by atoms with Crippen molar-refractivity contribution in [2.75, 3.05) is 46.2 Å². The maximum atomic E-state index is 11.7. The fourth-order valence-corrected chi connectivity index (χ4v) is 9.27. The topological polar surface area (TPSA) is 501 Å². The van der Waals surface area contributed by atoms with E-state index in [4.69, 9.17) is 61.6 Å². The lowest BCUT2D eigenvalue weighted by molar-refractivity contribution is -0.404. The molecule has 0 aliphatic carbocycles. The van der Waals surface area contributed by atoms with Gasteiger partial charge in [0.1, 0.15) is 153 Å². The lowest BCUT2D eigenvalue weighted by Crippen LogP contribution is -2.69. The summed E-state index contributed by atoms with van der Waals surface area (Å²) in [6.45, 7) is -7.37. The van der Waals surface area contributed by atoms with Crippen LogP contribution in [-0.4, -0.2) is 328 Å². The minimum Gasteiger partial charge on any atom is -0.480 e. The van der Waals surface area contributed by atoms with Gasteiger partial charge in [0, 0.05) is 0 Å². The number of hydrogen-bond donors (Lipinski definition) is 18. The molecule has 22 fully saturated rings. The van der Waals surface area contributed by atoms with Gasteiger partial charge in [-0.3, -0.25) is 0 Å². The van der Waals surface area contributed by atoms with E-state index in [1.54, 1.807) is 0 Å². The summed E-state index contributed by atoms with van der Waals surface area (Å²) in [5, 5.41) is 196. The zero-order chi connectivity index (χ0) is 51.0. The van der Waals surface area contributed by atoms with Gasteiger partial charge in [-0.25, -0.2) is 4.79 Å². The van der Waals surface area contributed by atoms with E-state index in [1.165, 1.54) is 0 Å². The van der Waals surface area contributed by atoms with Crippen LogP contribution in [0.3, 0.4) is 0 Å². The van der Waals surface area contributed by atoms with Crippen LogP contribution in [0.5, 0.6) is 0 Å². The summed E-state index contributed by atoms with van der Waals surface area (Å²) >= 11 is 0. The molecule has 0 spiro atoms. The second-order valence-corrected chi connectivity index (χ2v) is 17.5. The van der Waals surface area contributed by atoms with Gasteiger partial charge in [0.25, 0.3) is 0 Å². The number of aliphatic hydroxyl groups excluding tert-OH is 17. The minimum atomic E-state index is -2.21. The van der Waals surface area contributed by atoms with Crippen LogP contribution in [0.15, 0.2) is 0 Å². The smallest absolute Gasteiger partial charge is 0.329 e. The predicted molar refractivity (Wildman–Crippen MR) is 207 cm³/mol. The Kier molecular flexibility index (Phi) is 19.1. The number of carboxylic acids is 1. The summed E-state index contributed by atoms with van der Waals surface area (Å²) < 4.78 is 73.8. The van der Waals surface area contributed by atoms with Crippen molar-refractivity contribution < 1.29 is 158 Å². The molecule has 0 unspecified atom stereocenters. The Morgan fingerprint density at radius 2 is 0.500 bits per heavy atom. The van der Waals surface area contributed by atoms with Gasteiger partial charge < -0.3 is 153 Å². The van der Waals surface area contributed by atoms with Crippen LogP contribution < -0.4 is 0 Å². The highest BCUT2D eigenvalue weighted by Gasteiger charge is 2.59. The van der Waals surface area contributed by atoms with Crippen LogP contribution in [0.2, 0.25) is 0 Å². The average molecular weight is 1030 g/mol. The summed E-state index contributed by atoms with van der Waals surface area (Å²) in [4.78, 5) is 11.7. The highest BCUT2D eigenvalue weighted by molar-refractivity contribution is 5.68. The Morgan fingerprint density at radius 3 is 0.714 bits per heavy atom. The molecule has 0 saturated carbocycles. The fourth-order valence-electron chi connectivity index (χ4n) is 9.27. The Hall–Kier alpha value is -1.73. The fraction of sp³-hybridized carbons (Fsp3) is 0.974. The van der Waals surface area contributed by atoms with Crippen molar-refractivity contribution in [1.29, 1.82) is 0 Å². The third-order valence-electron chi connectivity index (χ3n) is 13.0. The van der Waals surface area contributed by atoms with E-state index >= 15 is 0 Å². The summed E-state index contributed by atoms with van der Waals surface area (Å²) in [6.07, 6.45) is -59.5. The standard InChI is InChI=1S/C38H62O32/c39-1-8-26-15(47)20(52)33(59-8)66-27-9(2-40)61-35(22(54)17(27)49)68-29-11(4-42)63-37(24(56)19(29)51)70-31-13(6-44)64-38(25(57)32(31)58-7-14(45)46)69-30-12(5-43)62-36(23(55)18(30)50)67-28-10(3-41)60-34(65-26)21(53)16(28)48/h8-13,15-44,47-57H,1-7H2,(H,45,46)/t8-,9-,10-,11-,12-,13-,15-,16-,17-,18-,19-,20-,21-,22-,23-,24-,25-,26-,27-,28-,29-,30-,31+,32-,33-,34-,35-,36-,37-,38-/m1/s1. The number of carbonyl (C=O) groups is 1. The molecular weight excluding hydrogens is 968 g/mol. The molecule has 22 aliphatic heterocycles. The SMILES string of the molecule is O=C(O)CO[C@@H]1[C@@H](O)[C@H]2O[C@H]3[C@H](O)[C@@H](O)[C@@H](O[C@H]4[C@H](O)[C@@H](O)[C@@H](O[C@H]5[C@H](O)[C@@H](O)[C@@H](O[C@H]6[C@H](O)[C@@H](O)[C@@H](O[C@H]7[C@H](O)[C@@H](O)[C@@H](O[C@H]1[C@@H](CO)O2)O[C@@H]7CO)O[C@@H]6CO)O[C@@H]5CO)O[C@@H]4CO)O[C@@H]3CO. The van der Waals surface area contributed by atoms with Crippen LogP contribution in [-0.2, 0) is 66.4 Å². The number of aliphatic carboxylic acids is 1. The molecule has 0 radical (unpaired) electrons. The molecule has 0 aromatic carbocycles. The van der Waals surface area contributed by atoms with Crippen molar-refractivity contribution in [2.24, 2.45) is 0 Å². The van der Waals surface area contributed by atoms with Crippen LogP contribution in [0.1, 0.15) is 0 Å². The zero-order valence-corrected chi connectivity index (χ0v) is 36.5. The first-order chi connectivity index (χ1) is 33.3. The normalized spacial score (nSPS) is 52.8. The largest absolute Gasteiger partial charge is 0.480 e. The summed E-state index contributed by atoms with van der Waals surface area (Å²) in [6, 6.07) is 0. The van der Waals surface area contributed by atoms with Crippen molar-refractivity contribution in [1.82, 2.24) is 0 Å². The van der Waals surface area contributed by atoms with E-state index < -0.39 is 236 Å². The van der Waals surface area contributed by atoms with Crippen molar-refractivity contribution in [3.8, 4) is 0 Å². The highest BCUT2D eigenvalue weighted by atomic mass is 16.8. The lowest BCUT2D eigenvalue weighted by Gasteiger charge is -2.51. The van der Waals surface area contributed by atoms with Gasteiger partial charge in [-0.15, -0.1) is 0 Å². The van der Waals surface area contributed by atoms with Crippen LogP contribution in [0.4, 0.5) is 0 Å². The van der Waals surface area contributed by atoms with E-state index in [0.717, 1.165) is 0 Å². The Balaban J connectivity index is 1.22. The van der Waals surface area contributed by atoms with Gasteiger partial charge in [0.15, 0.2) is 37.7 Å². The third-order valence-corrected chi connectivity index (χ3v) is 13.0. The maximum Gasteiger partial charge on any atom is 0.329 e. The molecule has 406 valence electrons. The Bertz CT molecular complexity index is 1640. The predicted octanol–water partition coefficient (Wildman–Crippen LogP) is -12.9. The molecule has 32 heteroatoms. The van der Waals surface area contributed by atoms with Crippen molar-refractivity contribution >= 4 is 5.97 Å². The molecule has 18 N–H and O–H groups in total. The third kappa shape index (κ3) is 11.1. The van der Waals surface area contributed by atoms with Crippen LogP contribution in [0, 0.1) is 0 Å². The molecule has 0 aromatic heterocycles. The lowest BCUT2D eigenvalue weighted by atomic mass is 9.94. The van der Waals surface area contributed by atoms with Gasteiger partial charge >= 0.3 is 5.97 Å². The second kappa shape index (κ2) is 23.9. The van der Waals surface area contributed by atoms with Crippen molar-refractivity contribution in [3.63, 3.8) is 0 Å². The molecule has 70 heavy (non-hydrogen) atoms. The zero-order valence-electron chi connectivity index (χ0n) is 36.5. The first kappa shape index (κ1) is 56.0. The average Bonchev–Trinajstić information content (AvgIpc) is 3.34. The van der Waals surface area contributed by atoms with Crippen LogP contribution in [0.25, 0.3) is 0 Å². The monoisotopic (exact) mass is 1030 g/mol. The number of hydrogen-bond acceptors (Lipinski definition) is 31. The summed E-state index contributed by atoms with van der Waals surface area (Å²) in [7, 11) is 0. The summed E-state index contributed by atoms with van der Waals surface area (Å²) in [5.41, 5.74) is 0. The molecular formula is C38H62O32. The Morgan fingerprint density at radius 1 is 0.300 bits per heavy atom. The Labute approximate surface area is 394 Å². The van der Waals surface area contributed by atoms with Gasteiger partial charge in [0.2, 0.25) is 0 Å². The molecule has 12 bridgehead atoms. The molecule has 30 atom stereocenters. The van der Waals surface area contributed by atoms with Crippen molar-refractivity contribution in [3.05, 3.63) is 0 Å². The molecule has 22 saturated heterocycles. The quantitative estimate of drug-likeness (QED) is 0.102. The van der Waals surface area contributed by atoms with Crippen LogP contribution >= 0.6 is 0 Å². The van der Waals surface area contributed by atoms with Gasteiger partial charge in [-0.05, 0) is 0 Å². The van der Waals surface area contributed by atoms with E-state index in [9.17, 15) is 96.7 Å². The number of aliphatic hydroxyl groups is 17. The number of rotatable bonds is 9. The molecule has 22 rings (SSSR count). The van der Waals surface area contributed by atoms with Gasteiger partial charge in [0.05, 0.1) is 39.6 Å². The molecule has 32 nitrogen and oxygen atoms in total. The maximum absolute atomic E-state index is 11.7. The molecule has 22 aliphatic rings. The highest BCUT2D eigenvalue weighted by Crippen LogP contribution is 2.38.